The lowest BCUT2D eigenvalue weighted by Gasteiger charge is -2.15. The van der Waals surface area contributed by atoms with Crippen molar-refractivity contribution in [1.82, 2.24) is 0 Å². The van der Waals surface area contributed by atoms with Crippen LogP contribution in [0.4, 0.5) is 5.69 Å². The maximum atomic E-state index is 12.2. The third-order valence-electron chi connectivity index (χ3n) is 3.98. The van der Waals surface area contributed by atoms with E-state index in [1.165, 1.54) is 6.08 Å². The fourth-order valence-corrected chi connectivity index (χ4v) is 2.71. The molecule has 1 fully saturated rings. The number of rotatable bonds is 4. The van der Waals surface area contributed by atoms with E-state index in [0.717, 1.165) is 24.2 Å². The van der Waals surface area contributed by atoms with Crippen LogP contribution in [-0.4, -0.2) is 18.2 Å². The van der Waals surface area contributed by atoms with Gasteiger partial charge in [0.25, 0.3) is 0 Å². The van der Waals surface area contributed by atoms with Crippen LogP contribution in [0.3, 0.4) is 0 Å². The second kappa shape index (κ2) is 6.93. The molecule has 2 aromatic carbocycles. The van der Waals surface area contributed by atoms with Crippen molar-refractivity contribution in [3.05, 3.63) is 71.3 Å². The van der Waals surface area contributed by atoms with Gasteiger partial charge < -0.3 is 4.90 Å². The molecule has 0 N–H and O–H groups in total. The number of carbonyl (C=O) groups excluding carboxylic acids is 2. The summed E-state index contributed by atoms with van der Waals surface area (Å²) < 4.78 is 0. The van der Waals surface area contributed by atoms with Crippen LogP contribution >= 0.6 is 0 Å². The molecule has 3 rings (SSSR count). The van der Waals surface area contributed by atoms with Gasteiger partial charge in [0.1, 0.15) is 0 Å². The molecule has 0 spiro atoms. The zero-order valence-corrected chi connectivity index (χ0v) is 13.1. The van der Waals surface area contributed by atoms with Gasteiger partial charge in [-0.3, -0.25) is 9.59 Å². The van der Waals surface area contributed by atoms with Gasteiger partial charge in [0, 0.05) is 24.2 Å². The number of benzene rings is 2. The Morgan fingerprint density at radius 3 is 2.62 bits per heavy atom. The van der Waals surface area contributed by atoms with E-state index in [4.69, 9.17) is 5.26 Å². The summed E-state index contributed by atoms with van der Waals surface area (Å²) >= 11 is 0. The van der Waals surface area contributed by atoms with E-state index < -0.39 is 0 Å². The summed E-state index contributed by atoms with van der Waals surface area (Å²) in [6, 6.07) is 16.2. The van der Waals surface area contributed by atoms with Gasteiger partial charge in [-0.15, -0.1) is 0 Å². The molecule has 0 unspecified atom stereocenters. The predicted molar refractivity (Wildman–Crippen MR) is 92.6 cm³/mol. The van der Waals surface area contributed by atoms with Gasteiger partial charge in [0.2, 0.25) is 5.91 Å². The number of carbonyl (C=O) groups is 2. The van der Waals surface area contributed by atoms with E-state index in [0.29, 0.717) is 17.5 Å². The van der Waals surface area contributed by atoms with Crippen LogP contribution in [0.15, 0.2) is 54.6 Å². The molecule has 1 amide bonds. The molecule has 0 aromatic heterocycles. The number of nitriles is 1. The van der Waals surface area contributed by atoms with Crippen LogP contribution in [0.5, 0.6) is 0 Å². The third kappa shape index (κ3) is 3.41. The first-order chi connectivity index (χ1) is 11.7. The molecule has 1 saturated heterocycles. The number of hydrogen-bond donors (Lipinski definition) is 0. The van der Waals surface area contributed by atoms with Crippen molar-refractivity contribution in [2.45, 2.75) is 12.8 Å². The zero-order chi connectivity index (χ0) is 16.9. The van der Waals surface area contributed by atoms with Crippen molar-refractivity contribution in [3.63, 3.8) is 0 Å². The minimum Gasteiger partial charge on any atom is -0.312 e. The highest BCUT2D eigenvalue weighted by molar-refractivity contribution is 6.07. The number of nitrogens with zero attached hydrogens (tertiary/aromatic N) is 2. The molecule has 0 saturated carbocycles. The average molecular weight is 316 g/mol. The minimum atomic E-state index is -0.114. The molecule has 24 heavy (non-hydrogen) atoms. The summed E-state index contributed by atoms with van der Waals surface area (Å²) in [5.41, 5.74) is 2.77. The zero-order valence-electron chi connectivity index (χ0n) is 13.1. The fourth-order valence-electron chi connectivity index (χ4n) is 2.71. The molecular weight excluding hydrogens is 300 g/mol. The summed E-state index contributed by atoms with van der Waals surface area (Å²) in [4.78, 5) is 25.7. The van der Waals surface area contributed by atoms with Gasteiger partial charge in [-0.05, 0) is 54.5 Å². The highest BCUT2D eigenvalue weighted by Crippen LogP contribution is 2.21. The van der Waals surface area contributed by atoms with Crippen LogP contribution in [-0.2, 0) is 4.79 Å². The molecule has 118 valence electrons. The van der Waals surface area contributed by atoms with Crippen molar-refractivity contribution < 1.29 is 9.59 Å². The molecule has 1 heterocycles. The van der Waals surface area contributed by atoms with Crippen molar-refractivity contribution in [1.29, 1.82) is 5.26 Å². The Morgan fingerprint density at radius 2 is 1.96 bits per heavy atom. The van der Waals surface area contributed by atoms with E-state index in [1.54, 1.807) is 53.4 Å². The molecule has 0 radical (unpaired) electrons. The van der Waals surface area contributed by atoms with Gasteiger partial charge in [-0.25, -0.2) is 0 Å². The van der Waals surface area contributed by atoms with Crippen LogP contribution < -0.4 is 4.90 Å². The van der Waals surface area contributed by atoms with Crippen LogP contribution in [0.2, 0.25) is 0 Å². The van der Waals surface area contributed by atoms with E-state index >= 15 is 0 Å². The smallest absolute Gasteiger partial charge is 0.227 e. The highest BCUT2D eigenvalue weighted by Gasteiger charge is 2.21. The summed E-state index contributed by atoms with van der Waals surface area (Å²) in [5, 5.41) is 8.88. The number of anilines is 1. The van der Waals surface area contributed by atoms with Crippen LogP contribution in [0, 0.1) is 11.3 Å². The van der Waals surface area contributed by atoms with Crippen molar-refractivity contribution in [2.75, 3.05) is 11.4 Å². The minimum absolute atomic E-state index is 0.114. The monoisotopic (exact) mass is 316 g/mol. The van der Waals surface area contributed by atoms with Gasteiger partial charge in [0.15, 0.2) is 5.78 Å². The summed E-state index contributed by atoms with van der Waals surface area (Å²) in [6.45, 7) is 0.737. The first-order valence-electron chi connectivity index (χ1n) is 7.80. The second-order valence-electron chi connectivity index (χ2n) is 5.63. The molecule has 1 aliphatic rings. The summed E-state index contributed by atoms with van der Waals surface area (Å²) in [5.74, 6) is 0.0167. The van der Waals surface area contributed by atoms with Crippen molar-refractivity contribution in [2.24, 2.45) is 0 Å². The summed E-state index contributed by atoms with van der Waals surface area (Å²) in [6.07, 6.45) is 4.66. The molecule has 4 nitrogen and oxygen atoms in total. The Kier molecular flexibility index (Phi) is 4.53. The standard InChI is InChI=1S/C20H16N2O2/c21-14-16-4-1-3-15(13-16)6-11-19(23)17-7-9-18(10-8-17)22-12-2-5-20(22)24/h1,3-4,6-11,13H,2,5,12H2/b11-6+. The molecule has 0 aliphatic carbocycles. The van der Waals surface area contributed by atoms with Gasteiger partial charge in [-0.1, -0.05) is 18.2 Å². The first kappa shape index (κ1) is 15.7. The van der Waals surface area contributed by atoms with Crippen LogP contribution in [0.25, 0.3) is 6.08 Å². The SMILES string of the molecule is N#Cc1cccc(/C=C/C(=O)c2ccc(N3CCCC3=O)cc2)c1. The van der Waals surface area contributed by atoms with Crippen molar-refractivity contribution >= 4 is 23.5 Å². The highest BCUT2D eigenvalue weighted by atomic mass is 16.2. The Hall–Kier alpha value is -3.19. The summed E-state index contributed by atoms with van der Waals surface area (Å²) in [7, 11) is 0. The number of ketones is 1. The first-order valence-corrected chi connectivity index (χ1v) is 7.80. The number of hydrogen-bond acceptors (Lipinski definition) is 3. The maximum Gasteiger partial charge on any atom is 0.227 e. The maximum absolute atomic E-state index is 12.2. The van der Waals surface area contributed by atoms with Gasteiger partial charge in [0.05, 0.1) is 11.6 Å². The normalized spacial score (nSPS) is 14.1. The fraction of sp³-hybridized carbons (Fsp3) is 0.150. The largest absolute Gasteiger partial charge is 0.312 e. The molecular formula is C20H16N2O2. The Bertz CT molecular complexity index is 845. The molecule has 2 aromatic rings. The molecule has 4 heteroatoms. The van der Waals surface area contributed by atoms with Gasteiger partial charge in [-0.2, -0.15) is 5.26 Å². The van der Waals surface area contributed by atoms with E-state index in [1.807, 2.05) is 6.07 Å². The molecule has 0 atom stereocenters. The Balaban J connectivity index is 1.72. The second-order valence-corrected chi connectivity index (χ2v) is 5.63. The third-order valence-corrected chi connectivity index (χ3v) is 3.98. The van der Waals surface area contributed by atoms with Crippen LogP contribution in [0.1, 0.15) is 34.3 Å². The Labute approximate surface area is 140 Å². The quantitative estimate of drug-likeness (QED) is 0.640. The molecule has 1 aliphatic heterocycles. The lowest BCUT2D eigenvalue weighted by Crippen LogP contribution is -2.23. The average Bonchev–Trinajstić information content (AvgIpc) is 3.06. The number of amides is 1. The van der Waals surface area contributed by atoms with Gasteiger partial charge >= 0.3 is 0 Å². The number of allylic oxidation sites excluding steroid dienone is 1. The Morgan fingerprint density at radius 1 is 1.17 bits per heavy atom. The van der Waals surface area contributed by atoms with E-state index in [-0.39, 0.29) is 11.7 Å². The van der Waals surface area contributed by atoms with E-state index in [9.17, 15) is 9.59 Å². The topological polar surface area (TPSA) is 61.2 Å². The lowest BCUT2D eigenvalue weighted by molar-refractivity contribution is -0.117. The predicted octanol–water partition coefficient (Wildman–Crippen LogP) is 3.58. The lowest BCUT2D eigenvalue weighted by atomic mass is 10.1. The molecule has 0 bridgehead atoms. The van der Waals surface area contributed by atoms with Crippen molar-refractivity contribution in [3.8, 4) is 6.07 Å². The van der Waals surface area contributed by atoms with E-state index in [2.05, 4.69) is 6.07 Å².